The van der Waals surface area contributed by atoms with E-state index in [2.05, 4.69) is 0 Å². The Balaban J connectivity index is 2.26. The predicted molar refractivity (Wildman–Crippen MR) is 60.7 cm³/mol. The number of aliphatic hydroxyl groups is 1. The predicted octanol–water partition coefficient (Wildman–Crippen LogP) is 2.18. The molecule has 0 spiro atoms. The second kappa shape index (κ2) is 4.26. The second-order valence-corrected chi connectivity index (χ2v) is 4.30. The highest BCUT2D eigenvalue weighted by molar-refractivity contribution is 6.02. The van der Waals surface area contributed by atoms with Gasteiger partial charge in [-0.3, -0.25) is 4.79 Å². The first-order valence-electron chi connectivity index (χ1n) is 5.57. The Morgan fingerprint density at radius 1 is 1.38 bits per heavy atom. The van der Waals surface area contributed by atoms with Crippen molar-refractivity contribution >= 4 is 5.78 Å². The lowest BCUT2D eigenvalue weighted by Gasteiger charge is -2.20. The van der Waals surface area contributed by atoms with Crippen molar-refractivity contribution in [3.8, 4) is 5.75 Å². The number of carbonyl (C=O) groups excluding carboxylic acids is 1. The van der Waals surface area contributed by atoms with Crippen LogP contribution in [-0.2, 0) is 0 Å². The molecule has 3 heteroatoms. The molecule has 0 saturated heterocycles. The summed E-state index contributed by atoms with van der Waals surface area (Å²) >= 11 is 0. The zero-order valence-corrected chi connectivity index (χ0v) is 9.40. The fourth-order valence-electron chi connectivity index (χ4n) is 2.22. The van der Waals surface area contributed by atoms with Crippen molar-refractivity contribution in [3.05, 3.63) is 29.8 Å². The molecule has 0 unspecified atom stereocenters. The number of ether oxygens (including phenoxy) is 1. The first-order valence-corrected chi connectivity index (χ1v) is 5.57. The Hall–Kier alpha value is -1.35. The van der Waals surface area contributed by atoms with Gasteiger partial charge in [-0.25, -0.2) is 0 Å². The van der Waals surface area contributed by atoms with E-state index in [4.69, 9.17) is 4.74 Å². The SMILES string of the molecule is COc1cccc(C(=O)C2(O)CCCC2)c1. The van der Waals surface area contributed by atoms with Gasteiger partial charge in [-0.15, -0.1) is 0 Å². The maximum Gasteiger partial charge on any atom is 0.194 e. The van der Waals surface area contributed by atoms with E-state index in [9.17, 15) is 9.90 Å². The molecule has 1 aromatic rings. The lowest BCUT2D eigenvalue weighted by atomic mass is 9.91. The first kappa shape index (κ1) is 11.1. The maximum absolute atomic E-state index is 12.1. The quantitative estimate of drug-likeness (QED) is 0.794. The molecule has 1 saturated carbocycles. The fourth-order valence-corrected chi connectivity index (χ4v) is 2.22. The zero-order chi connectivity index (χ0) is 11.6. The summed E-state index contributed by atoms with van der Waals surface area (Å²) in [6.45, 7) is 0. The van der Waals surface area contributed by atoms with Crippen molar-refractivity contribution in [2.75, 3.05) is 7.11 Å². The van der Waals surface area contributed by atoms with Gasteiger partial charge in [0.2, 0.25) is 0 Å². The molecule has 0 aromatic heterocycles. The number of methoxy groups -OCH3 is 1. The van der Waals surface area contributed by atoms with E-state index in [-0.39, 0.29) is 5.78 Å². The van der Waals surface area contributed by atoms with Gasteiger partial charge in [0.1, 0.15) is 11.4 Å². The maximum atomic E-state index is 12.1. The number of Topliss-reactive ketones (excluding diaryl/α,β-unsaturated/α-hetero) is 1. The van der Waals surface area contributed by atoms with Crippen molar-refractivity contribution in [1.82, 2.24) is 0 Å². The summed E-state index contributed by atoms with van der Waals surface area (Å²) in [6, 6.07) is 6.96. The summed E-state index contributed by atoms with van der Waals surface area (Å²) in [7, 11) is 1.56. The molecule has 0 aliphatic heterocycles. The molecule has 86 valence electrons. The molecule has 3 nitrogen and oxygen atoms in total. The van der Waals surface area contributed by atoms with Crippen LogP contribution < -0.4 is 4.74 Å². The third kappa shape index (κ3) is 1.95. The summed E-state index contributed by atoms with van der Waals surface area (Å²) in [6.07, 6.45) is 2.99. The molecule has 1 N–H and O–H groups in total. The monoisotopic (exact) mass is 220 g/mol. The van der Waals surface area contributed by atoms with Crippen LogP contribution in [0.15, 0.2) is 24.3 Å². The van der Waals surface area contributed by atoms with E-state index in [0.29, 0.717) is 24.2 Å². The Morgan fingerprint density at radius 3 is 2.69 bits per heavy atom. The molecule has 0 bridgehead atoms. The molecule has 0 radical (unpaired) electrons. The molecule has 2 rings (SSSR count). The summed E-state index contributed by atoms with van der Waals surface area (Å²) in [5.74, 6) is 0.469. The third-order valence-electron chi connectivity index (χ3n) is 3.19. The van der Waals surface area contributed by atoms with E-state index in [1.807, 2.05) is 0 Å². The Morgan fingerprint density at radius 2 is 2.06 bits per heavy atom. The van der Waals surface area contributed by atoms with Gasteiger partial charge in [0, 0.05) is 5.56 Å². The molecule has 0 heterocycles. The van der Waals surface area contributed by atoms with Crippen LogP contribution in [0.1, 0.15) is 36.0 Å². The standard InChI is InChI=1S/C13H16O3/c1-16-11-6-4-5-10(9-11)12(14)13(15)7-2-3-8-13/h4-6,9,15H,2-3,7-8H2,1H3. The van der Waals surface area contributed by atoms with E-state index >= 15 is 0 Å². The van der Waals surface area contributed by atoms with Gasteiger partial charge in [-0.1, -0.05) is 12.1 Å². The summed E-state index contributed by atoms with van der Waals surface area (Å²) in [5.41, 5.74) is -0.615. The summed E-state index contributed by atoms with van der Waals surface area (Å²) < 4.78 is 5.07. The van der Waals surface area contributed by atoms with Crippen LogP contribution in [0, 0.1) is 0 Å². The number of hydrogen-bond acceptors (Lipinski definition) is 3. The molecule has 1 aliphatic rings. The van der Waals surface area contributed by atoms with E-state index in [0.717, 1.165) is 12.8 Å². The van der Waals surface area contributed by atoms with Gasteiger partial charge >= 0.3 is 0 Å². The van der Waals surface area contributed by atoms with Crippen molar-refractivity contribution in [3.63, 3.8) is 0 Å². The summed E-state index contributed by atoms with van der Waals surface area (Å²) in [4.78, 5) is 12.1. The number of ketones is 1. The minimum atomic E-state index is -1.15. The van der Waals surface area contributed by atoms with Gasteiger partial charge in [0.25, 0.3) is 0 Å². The van der Waals surface area contributed by atoms with Crippen molar-refractivity contribution < 1.29 is 14.6 Å². The Bertz CT molecular complexity index is 392. The lowest BCUT2D eigenvalue weighted by Crippen LogP contribution is -2.35. The largest absolute Gasteiger partial charge is 0.497 e. The molecule has 1 fully saturated rings. The van der Waals surface area contributed by atoms with Gasteiger partial charge in [0.05, 0.1) is 7.11 Å². The lowest BCUT2D eigenvalue weighted by molar-refractivity contribution is 0.0353. The van der Waals surface area contributed by atoms with Crippen LogP contribution >= 0.6 is 0 Å². The van der Waals surface area contributed by atoms with Crippen molar-refractivity contribution in [2.24, 2.45) is 0 Å². The van der Waals surface area contributed by atoms with E-state index in [1.54, 1.807) is 31.4 Å². The fraction of sp³-hybridized carbons (Fsp3) is 0.462. The van der Waals surface area contributed by atoms with Crippen LogP contribution in [-0.4, -0.2) is 23.6 Å². The van der Waals surface area contributed by atoms with Crippen LogP contribution in [0.3, 0.4) is 0 Å². The summed E-state index contributed by atoms with van der Waals surface area (Å²) in [5, 5.41) is 10.2. The van der Waals surface area contributed by atoms with Crippen LogP contribution in [0.25, 0.3) is 0 Å². The minimum Gasteiger partial charge on any atom is -0.497 e. The van der Waals surface area contributed by atoms with Crippen LogP contribution in [0.5, 0.6) is 5.75 Å². The zero-order valence-electron chi connectivity index (χ0n) is 9.40. The molecular formula is C13H16O3. The Kier molecular flexibility index (Phi) is 2.97. The molecule has 16 heavy (non-hydrogen) atoms. The third-order valence-corrected chi connectivity index (χ3v) is 3.19. The number of hydrogen-bond donors (Lipinski definition) is 1. The van der Waals surface area contributed by atoms with E-state index in [1.165, 1.54) is 0 Å². The van der Waals surface area contributed by atoms with Gasteiger partial charge in [0.15, 0.2) is 5.78 Å². The smallest absolute Gasteiger partial charge is 0.194 e. The van der Waals surface area contributed by atoms with Crippen molar-refractivity contribution in [2.45, 2.75) is 31.3 Å². The molecule has 1 aliphatic carbocycles. The number of rotatable bonds is 3. The van der Waals surface area contributed by atoms with E-state index < -0.39 is 5.60 Å². The highest BCUT2D eigenvalue weighted by atomic mass is 16.5. The average Bonchev–Trinajstić information content (AvgIpc) is 2.76. The van der Waals surface area contributed by atoms with Crippen LogP contribution in [0.2, 0.25) is 0 Å². The highest BCUT2D eigenvalue weighted by Crippen LogP contribution is 2.33. The minimum absolute atomic E-state index is 0.177. The van der Waals surface area contributed by atoms with Gasteiger partial charge in [-0.05, 0) is 37.8 Å². The molecule has 1 aromatic carbocycles. The van der Waals surface area contributed by atoms with Crippen molar-refractivity contribution in [1.29, 1.82) is 0 Å². The normalized spacial score (nSPS) is 18.4. The number of carbonyl (C=O) groups is 1. The first-order chi connectivity index (χ1) is 7.65. The van der Waals surface area contributed by atoms with Gasteiger partial charge in [-0.2, -0.15) is 0 Å². The highest BCUT2D eigenvalue weighted by Gasteiger charge is 2.39. The number of benzene rings is 1. The van der Waals surface area contributed by atoms with Crippen LogP contribution in [0.4, 0.5) is 0 Å². The average molecular weight is 220 g/mol. The second-order valence-electron chi connectivity index (χ2n) is 4.30. The molecular weight excluding hydrogens is 204 g/mol. The Labute approximate surface area is 95.0 Å². The topological polar surface area (TPSA) is 46.5 Å². The molecule has 0 atom stereocenters. The molecule has 0 amide bonds. The van der Waals surface area contributed by atoms with Gasteiger partial charge < -0.3 is 9.84 Å².